The first-order valence-corrected chi connectivity index (χ1v) is 19.8. The van der Waals surface area contributed by atoms with Crippen molar-refractivity contribution in [2.45, 2.75) is 114 Å². The van der Waals surface area contributed by atoms with Crippen LogP contribution in [0.5, 0.6) is 0 Å². The number of hydrogen-bond donors (Lipinski definition) is 1. The number of aliphatic hydroxyl groups excluding tert-OH is 1. The molecule has 5 aromatic rings. The summed E-state index contributed by atoms with van der Waals surface area (Å²) in [5, 5.41) is 11.3. The second-order valence-electron chi connectivity index (χ2n) is 15.9. The van der Waals surface area contributed by atoms with Crippen molar-refractivity contribution in [2.24, 2.45) is 16.2 Å². The van der Waals surface area contributed by atoms with Gasteiger partial charge in [-0.3, -0.25) is 4.79 Å². The number of allylic oxidation sites excluding steroid dienone is 2. The number of nitrogens with zero attached hydrogens (tertiary/aromatic N) is 1. The minimum Gasteiger partial charge on any atom is -0.512 e. The van der Waals surface area contributed by atoms with Crippen LogP contribution >= 0.6 is 11.3 Å². The molecular formula is C46H52F6IrNO2S-. The van der Waals surface area contributed by atoms with Crippen LogP contribution in [0.4, 0.5) is 26.3 Å². The smallest absolute Gasteiger partial charge is 0.418 e. The average molecular weight is 989 g/mol. The van der Waals surface area contributed by atoms with E-state index in [1.807, 2.05) is 67.5 Å². The van der Waals surface area contributed by atoms with Gasteiger partial charge in [0.1, 0.15) is 5.76 Å². The van der Waals surface area contributed by atoms with Gasteiger partial charge >= 0.3 is 12.4 Å². The minimum atomic E-state index is -4.66. The van der Waals surface area contributed by atoms with Gasteiger partial charge in [0.15, 0.2) is 5.78 Å². The van der Waals surface area contributed by atoms with Gasteiger partial charge < -0.3 is 10.1 Å². The van der Waals surface area contributed by atoms with Crippen LogP contribution in [0.25, 0.3) is 42.6 Å². The van der Waals surface area contributed by atoms with Crippen molar-refractivity contribution >= 4 is 37.3 Å². The molecule has 0 fully saturated rings. The molecule has 0 amide bonds. The summed E-state index contributed by atoms with van der Waals surface area (Å²) in [5.41, 5.74) is 0.550. The molecule has 11 heteroatoms. The number of rotatable bonds is 11. The van der Waals surface area contributed by atoms with E-state index in [9.17, 15) is 36.2 Å². The molecule has 0 bridgehead atoms. The topological polar surface area (TPSA) is 50.2 Å². The maximum atomic E-state index is 14.6. The molecule has 1 N–H and O–H groups in total. The number of carbonyl (C=O) groups is 1. The summed E-state index contributed by atoms with van der Waals surface area (Å²) in [6.45, 7) is 18.2. The van der Waals surface area contributed by atoms with Gasteiger partial charge in [-0.25, -0.2) is 0 Å². The first kappa shape index (κ1) is 47.8. The Morgan fingerprint density at radius 1 is 0.789 bits per heavy atom. The molecule has 311 valence electrons. The number of thiophene rings is 1. The fourth-order valence-corrected chi connectivity index (χ4v) is 7.97. The number of alkyl halides is 6. The van der Waals surface area contributed by atoms with Crippen LogP contribution in [0.2, 0.25) is 0 Å². The first-order chi connectivity index (χ1) is 25.9. The summed E-state index contributed by atoms with van der Waals surface area (Å²) in [5.74, 6) is 0.286. The second-order valence-corrected chi connectivity index (χ2v) is 17.0. The zero-order chi connectivity index (χ0) is 42.0. The van der Waals surface area contributed by atoms with Gasteiger partial charge in [-0.05, 0) is 60.2 Å². The fraction of sp³-hybridized carbons (Fsp3) is 0.435. The van der Waals surface area contributed by atoms with E-state index in [0.717, 1.165) is 67.6 Å². The molecule has 0 aliphatic carbocycles. The molecule has 3 aromatic carbocycles. The molecule has 1 radical (unpaired) electrons. The molecule has 0 aliphatic heterocycles. The third-order valence-electron chi connectivity index (χ3n) is 11.5. The number of aromatic nitrogens is 1. The van der Waals surface area contributed by atoms with Gasteiger partial charge in [-0.2, -0.15) is 26.3 Å². The Labute approximate surface area is 350 Å². The predicted octanol–water partition coefficient (Wildman–Crippen LogP) is 15.0. The van der Waals surface area contributed by atoms with Gasteiger partial charge in [-0.1, -0.05) is 106 Å². The van der Waals surface area contributed by atoms with Crippen LogP contribution in [0.3, 0.4) is 0 Å². The molecule has 0 unspecified atom stereocenters. The van der Waals surface area contributed by atoms with Crippen LogP contribution in [-0.2, 0) is 37.5 Å². The molecular weight excluding hydrogens is 937 g/mol. The molecule has 3 nitrogen and oxygen atoms in total. The maximum absolute atomic E-state index is 14.6. The van der Waals surface area contributed by atoms with Crippen LogP contribution in [0.1, 0.15) is 103 Å². The number of hydrogen-bond acceptors (Lipinski definition) is 4. The van der Waals surface area contributed by atoms with E-state index in [-0.39, 0.29) is 64.7 Å². The number of aliphatic hydroxyl groups is 1. The third kappa shape index (κ3) is 10.4. The third-order valence-corrected chi connectivity index (χ3v) is 12.8. The number of pyridine rings is 1. The Hall–Kier alpha value is -3.53. The molecule has 0 saturated carbocycles. The first-order valence-electron chi connectivity index (χ1n) is 19.0. The quantitative estimate of drug-likeness (QED) is 0.0621. The molecule has 2 heterocycles. The van der Waals surface area contributed by atoms with Crippen LogP contribution < -0.4 is 0 Å². The minimum absolute atomic E-state index is 0. The van der Waals surface area contributed by atoms with E-state index in [0.29, 0.717) is 26.7 Å². The Morgan fingerprint density at radius 2 is 1.35 bits per heavy atom. The van der Waals surface area contributed by atoms with Gasteiger partial charge in [-0.15, -0.1) is 46.2 Å². The summed E-state index contributed by atoms with van der Waals surface area (Å²) in [4.78, 5) is 16.7. The van der Waals surface area contributed by atoms with Crippen molar-refractivity contribution in [3.63, 3.8) is 0 Å². The van der Waals surface area contributed by atoms with E-state index >= 15 is 0 Å². The molecule has 0 atom stereocenters. The average Bonchev–Trinajstić information content (AvgIpc) is 3.51. The van der Waals surface area contributed by atoms with Crippen molar-refractivity contribution in [1.29, 1.82) is 0 Å². The van der Waals surface area contributed by atoms with E-state index in [1.54, 1.807) is 18.3 Å². The SMILES string of the molecule is CCC(C)(CC)C(=O)/C=C(\O)C(C)(CC)CC.Cc1[c-]c(-c2nccc3c2sc2c(C(F)(F)F)c(-c4ccc(CC(C)(C)C(F)(F)F)cc4)ccc23)cc(C)c1.[Ir]. The Bertz CT molecular complexity index is 2190. The molecule has 0 spiro atoms. The summed E-state index contributed by atoms with van der Waals surface area (Å²) in [6.07, 6.45) is -2.98. The van der Waals surface area contributed by atoms with Crippen molar-refractivity contribution < 1.29 is 56.3 Å². The summed E-state index contributed by atoms with van der Waals surface area (Å²) in [6, 6.07) is 17.8. The van der Waals surface area contributed by atoms with E-state index in [4.69, 9.17) is 0 Å². The number of fused-ring (bicyclic) bond motifs is 3. The zero-order valence-electron chi connectivity index (χ0n) is 34.2. The number of carbonyl (C=O) groups excluding carboxylic acids is 1. The number of aryl methyl sites for hydroxylation is 2. The van der Waals surface area contributed by atoms with Gasteiger partial charge in [0.25, 0.3) is 0 Å². The standard InChI is InChI=1S/C31H24F6NS.C15H28O2.Ir/c1-17-13-18(2)15-21(14-17)26-28-24(11-12-38-26)23-10-9-22(25(27(23)39-28)30(32,33)34)20-7-5-19(6-8-20)16-29(3,4)31(35,36)37;1-7-14(5,8-2)12(16)11-13(17)15(6,9-3)10-4;/h5-14H,16H2,1-4H3;11,16H,7-10H2,1-6H3;/q-1;;/b;12-11-;. The van der Waals surface area contributed by atoms with Crippen molar-refractivity contribution in [3.8, 4) is 22.4 Å². The molecule has 0 saturated heterocycles. The normalized spacial score (nSPS) is 13.0. The molecule has 0 aliphatic rings. The number of halogens is 6. The van der Waals surface area contributed by atoms with Crippen LogP contribution in [0.15, 0.2) is 72.6 Å². The Morgan fingerprint density at radius 3 is 1.86 bits per heavy atom. The fourth-order valence-electron chi connectivity index (χ4n) is 6.60. The van der Waals surface area contributed by atoms with E-state index in [1.165, 1.54) is 36.4 Å². The number of benzene rings is 3. The van der Waals surface area contributed by atoms with Crippen molar-refractivity contribution in [2.75, 3.05) is 0 Å². The zero-order valence-corrected chi connectivity index (χ0v) is 37.4. The largest absolute Gasteiger partial charge is 0.512 e. The second kappa shape index (κ2) is 18.2. The van der Waals surface area contributed by atoms with E-state index < -0.39 is 23.3 Å². The predicted molar refractivity (Wildman–Crippen MR) is 218 cm³/mol. The van der Waals surface area contributed by atoms with Gasteiger partial charge in [0.2, 0.25) is 0 Å². The summed E-state index contributed by atoms with van der Waals surface area (Å²) >= 11 is 1.04. The Kier molecular flexibility index (Phi) is 15.2. The van der Waals surface area contributed by atoms with Gasteiger partial charge in [0, 0.05) is 63.7 Å². The van der Waals surface area contributed by atoms with Crippen molar-refractivity contribution in [1.82, 2.24) is 4.98 Å². The van der Waals surface area contributed by atoms with Crippen molar-refractivity contribution in [3.05, 3.63) is 101 Å². The van der Waals surface area contributed by atoms with E-state index in [2.05, 4.69) is 11.1 Å². The van der Waals surface area contributed by atoms with Crippen LogP contribution in [0, 0.1) is 36.2 Å². The Balaban J connectivity index is 0.000000411. The molecule has 57 heavy (non-hydrogen) atoms. The summed E-state index contributed by atoms with van der Waals surface area (Å²) in [7, 11) is 0. The van der Waals surface area contributed by atoms with Gasteiger partial charge in [0.05, 0.1) is 11.0 Å². The molecule has 5 rings (SSSR count). The monoisotopic (exact) mass is 989 g/mol. The maximum Gasteiger partial charge on any atom is 0.418 e. The summed E-state index contributed by atoms with van der Waals surface area (Å²) < 4.78 is 84.6. The number of ketones is 1. The molecule has 2 aromatic heterocycles. The van der Waals surface area contributed by atoms with Crippen LogP contribution in [-0.4, -0.2) is 22.1 Å².